The highest BCUT2D eigenvalue weighted by molar-refractivity contribution is 5.92. The van der Waals surface area contributed by atoms with E-state index in [4.69, 9.17) is 15.9 Å². The van der Waals surface area contributed by atoms with Crippen LogP contribution in [0.15, 0.2) is 18.2 Å². The number of rotatable bonds is 4. The molecule has 4 nitrogen and oxygen atoms in total. The van der Waals surface area contributed by atoms with Crippen molar-refractivity contribution in [3.05, 3.63) is 23.8 Å². The molecule has 4 heteroatoms. The predicted octanol–water partition coefficient (Wildman–Crippen LogP) is 2.27. The van der Waals surface area contributed by atoms with E-state index in [1.54, 1.807) is 32.0 Å². The van der Waals surface area contributed by atoms with Crippen LogP contribution < -0.4 is 9.47 Å². The minimum atomic E-state index is -0.824. The molecule has 0 heterocycles. The molecule has 0 atom stereocenters. The van der Waals surface area contributed by atoms with Gasteiger partial charge in [0.15, 0.2) is 5.60 Å². The zero-order chi connectivity index (χ0) is 13.8. The summed E-state index contributed by atoms with van der Waals surface area (Å²) in [6.07, 6.45) is 5.36. The fraction of sp³-hybridized carbons (Fsp3) is 0.357. The Balaban J connectivity index is 3.21. The number of methoxy groups -OCH3 is 2. The molecule has 0 aliphatic carbocycles. The summed E-state index contributed by atoms with van der Waals surface area (Å²) in [7, 11) is 2.84. The molecule has 96 valence electrons. The molecule has 0 aromatic heterocycles. The van der Waals surface area contributed by atoms with Gasteiger partial charge in [-0.15, -0.1) is 6.42 Å². The Hall–Kier alpha value is -2.15. The standard InChI is InChI=1S/C14H16O4/c1-6-14(2,3)18-12-9-10(16-4)7-8-11(12)13(15)17-5/h1,7-9H,2-5H3. The zero-order valence-electron chi connectivity index (χ0n) is 10.9. The van der Waals surface area contributed by atoms with Gasteiger partial charge in [-0.3, -0.25) is 0 Å². The third kappa shape index (κ3) is 3.17. The summed E-state index contributed by atoms with van der Waals surface area (Å²) in [6, 6.07) is 4.83. The molecule has 0 fully saturated rings. The van der Waals surface area contributed by atoms with Crippen LogP contribution in [0.2, 0.25) is 0 Å². The molecule has 1 aromatic carbocycles. The van der Waals surface area contributed by atoms with Crippen molar-refractivity contribution in [2.24, 2.45) is 0 Å². The van der Waals surface area contributed by atoms with Gasteiger partial charge < -0.3 is 14.2 Å². The minimum Gasteiger partial charge on any atom is -0.497 e. The molecule has 0 radical (unpaired) electrons. The first kappa shape index (κ1) is 13.9. The van der Waals surface area contributed by atoms with Crippen LogP contribution in [0.3, 0.4) is 0 Å². The first-order chi connectivity index (χ1) is 8.43. The van der Waals surface area contributed by atoms with Crippen molar-refractivity contribution >= 4 is 5.97 Å². The van der Waals surface area contributed by atoms with Gasteiger partial charge in [-0.2, -0.15) is 0 Å². The molecule has 0 spiro atoms. The van der Waals surface area contributed by atoms with Crippen LogP contribution in [-0.4, -0.2) is 25.8 Å². The SMILES string of the molecule is C#CC(C)(C)Oc1cc(OC)ccc1C(=O)OC. The van der Waals surface area contributed by atoms with E-state index in [1.165, 1.54) is 14.2 Å². The third-order valence-corrected chi connectivity index (χ3v) is 2.31. The van der Waals surface area contributed by atoms with Gasteiger partial charge in [-0.1, -0.05) is 5.92 Å². The minimum absolute atomic E-state index is 0.307. The van der Waals surface area contributed by atoms with Crippen LogP contribution in [0, 0.1) is 12.3 Å². The summed E-state index contributed by atoms with van der Waals surface area (Å²) < 4.78 is 15.4. The van der Waals surface area contributed by atoms with E-state index in [-0.39, 0.29) is 0 Å². The molecule has 0 aliphatic rings. The Kier molecular flexibility index (Phi) is 4.22. The van der Waals surface area contributed by atoms with E-state index in [2.05, 4.69) is 10.7 Å². The molecule has 0 saturated carbocycles. The third-order valence-electron chi connectivity index (χ3n) is 2.31. The molecule has 0 saturated heterocycles. The molecule has 0 N–H and O–H groups in total. The molecule has 18 heavy (non-hydrogen) atoms. The van der Waals surface area contributed by atoms with Gasteiger partial charge in [0.05, 0.1) is 14.2 Å². The Labute approximate surface area is 107 Å². The predicted molar refractivity (Wildman–Crippen MR) is 67.9 cm³/mol. The highest BCUT2D eigenvalue weighted by atomic mass is 16.5. The summed E-state index contributed by atoms with van der Waals surface area (Å²) >= 11 is 0. The first-order valence-corrected chi connectivity index (χ1v) is 5.36. The maximum atomic E-state index is 11.6. The van der Waals surface area contributed by atoms with Crippen LogP contribution >= 0.6 is 0 Å². The second kappa shape index (κ2) is 5.46. The summed E-state index contributed by atoms with van der Waals surface area (Å²) in [5, 5.41) is 0. The summed E-state index contributed by atoms with van der Waals surface area (Å²) in [4.78, 5) is 11.6. The van der Waals surface area contributed by atoms with Crippen LogP contribution in [0.4, 0.5) is 0 Å². The number of esters is 1. The van der Waals surface area contributed by atoms with Crippen molar-refractivity contribution in [2.45, 2.75) is 19.4 Å². The lowest BCUT2D eigenvalue weighted by Gasteiger charge is -2.22. The lowest BCUT2D eigenvalue weighted by molar-refractivity contribution is 0.0591. The summed E-state index contributed by atoms with van der Waals surface area (Å²) in [5.41, 5.74) is -0.517. The number of hydrogen-bond donors (Lipinski definition) is 0. The Morgan fingerprint density at radius 2 is 2.00 bits per heavy atom. The fourth-order valence-electron chi connectivity index (χ4n) is 1.30. The molecule has 0 unspecified atom stereocenters. The van der Waals surface area contributed by atoms with Crippen molar-refractivity contribution in [1.82, 2.24) is 0 Å². The van der Waals surface area contributed by atoms with E-state index in [0.29, 0.717) is 17.1 Å². The van der Waals surface area contributed by atoms with Crippen molar-refractivity contribution < 1.29 is 19.0 Å². The van der Waals surface area contributed by atoms with Gasteiger partial charge in [-0.05, 0) is 26.0 Å². The van der Waals surface area contributed by atoms with Gasteiger partial charge in [-0.25, -0.2) is 4.79 Å². The van der Waals surface area contributed by atoms with Crippen LogP contribution in [0.5, 0.6) is 11.5 Å². The molecule has 1 rings (SSSR count). The lowest BCUT2D eigenvalue weighted by atomic mass is 10.1. The van der Waals surface area contributed by atoms with Gasteiger partial charge in [0.25, 0.3) is 0 Å². The largest absolute Gasteiger partial charge is 0.497 e. The van der Waals surface area contributed by atoms with Crippen LogP contribution in [0.1, 0.15) is 24.2 Å². The number of carbonyl (C=O) groups is 1. The van der Waals surface area contributed by atoms with Crippen molar-refractivity contribution in [3.8, 4) is 23.8 Å². The van der Waals surface area contributed by atoms with Gasteiger partial charge in [0.1, 0.15) is 17.1 Å². The second-order valence-electron chi connectivity index (χ2n) is 4.11. The number of ether oxygens (including phenoxy) is 3. The molecule has 1 aromatic rings. The average Bonchev–Trinajstić information content (AvgIpc) is 2.37. The molecule has 0 aliphatic heterocycles. The summed E-state index contributed by atoms with van der Waals surface area (Å²) in [5.74, 6) is 2.92. The van der Waals surface area contributed by atoms with Gasteiger partial charge in [0.2, 0.25) is 0 Å². The van der Waals surface area contributed by atoms with Crippen molar-refractivity contribution in [2.75, 3.05) is 14.2 Å². The van der Waals surface area contributed by atoms with Crippen molar-refractivity contribution in [3.63, 3.8) is 0 Å². The number of carbonyl (C=O) groups excluding carboxylic acids is 1. The topological polar surface area (TPSA) is 44.8 Å². The van der Waals surface area contributed by atoms with Crippen molar-refractivity contribution in [1.29, 1.82) is 0 Å². The number of hydrogen-bond acceptors (Lipinski definition) is 4. The zero-order valence-corrected chi connectivity index (χ0v) is 10.9. The smallest absolute Gasteiger partial charge is 0.341 e. The maximum Gasteiger partial charge on any atom is 0.341 e. The van der Waals surface area contributed by atoms with E-state index < -0.39 is 11.6 Å². The Morgan fingerprint density at radius 3 is 2.50 bits per heavy atom. The average molecular weight is 248 g/mol. The number of benzene rings is 1. The van der Waals surface area contributed by atoms with E-state index in [1.807, 2.05) is 0 Å². The normalized spacial score (nSPS) is 10.4. The highest BCUT2D eigenvalue weighted by Crippen LogP contribution is 2.28. The summed E-state index contributed by atoms with van der Waals surface area (Å²) in [6.45, 7) is 3.46. The second-order valence-corrected chi connectivity index (χ2v) is 4.11. The molecule has 0 bridgehead atoms. The van der Waals surface area contributed by atoms with Crippen LogP contribution in [0.25, 0.3) is 0 Å². The monoisotopic (exact) mass is 248 g/mol. The quantitative estimate of drug-likeness (QED) is 0.605. The Bertz CT molecular complexity index is 483. The first-order valence-electron chi connectivity index (χ1n) is 5.36. The number of terminal acetylenes is 1. The Morgan fingerprint density at radius 1 is 1.33 bits per heavy atom. The van der Waals surface area contributed by atoms with E-state index in [9.17, 15) is 4.79 Å². The van der Waals surface area contributed by atoms with Gasteiger partial charge in [0, 0.05) is 6.07 Å². The van der Waals surface area contributed by atoms with E-state index in [0.717, 1.165) is 0 Å². The fourth-order valence-corrected chi connectivity index (χ4v) is 1.30. The van der Waals surface area contributed by atoms with Crippen LogP contribution in [-0.2, 0) is 4.74 Å². The van der Waals surface area contributed by atoms with Gasteiger partial charge >= 0.3 is 5.97 Å². The lowest BCUT2D eigenvalue weighted by Crippen LogP contribution is -2.26. The maximum absolute atomic E-state index is 11.6. The molecular formula is C14H16O4. The molecule has 0 amide bonds. The highest BCUT2D eigenvalue weighted by Gasteiger charge is 2.21. The molecular weight excluding hydrogens is 232 g/mol. The van der Waals surface area contributed by atoms with E-state index >= 15 is 0 Å².